The number of carbonyl (C=O) groups is 1. The number of aryl methyl sites for hydroxylation is 1. The van der Waals surface area contributed by atoms with Gasteiger partial charge in [0.1, 0.15) is 17.8 Å². The minimum Gasteiger partial charge on any atom is -0.469 e. The van der Waals surface area contributed by atoms with Crippen LogP contribution in [0.25, 0.3) is 0 Å². The molecule has 6 atom stereocenters. The summed E-state index contributed by atoms with van der Waals surface area (Å²) in [6.45, 7) is 9.85. The fourth-order valence-corrected chi connectivity index (χ4v) is 5.85. The number of hydrogen-bond donors (Lipinski definition) is 1. The average Bonchev–Trinajstić information content (AvgIpc) is 3.23. The van der Waals surface area contributed by atoms with Crippen LogP contribution in [0.15, 0.2) is 35.0 Å². The second kappa shape index (κ2) is 7.46. The van der Waals surface area contributed by atoms with E-state index in [1.54, 1.807) is 6.26 Å². The van der Waals surface area contributed by atoms with Gasteiger partial charge in [-0.3, -0.25) is 4.79 Å². The first-order valence-electron chi connectivity index (χ1n) is 10.7. The van der Waals surface area contributed by atoms with E-state index in [0.29, 0.717) is 17.9 Å². The molecule has 1 aromatic rings. The maximum Gasteiger partial charge on any atom is 0.315 e. The van der Waals surface area contributed by atoms with Crippen LogP contribution in [-0.2, 0) is 16.0 Å². The molecule has 0 unspecified atom stereocenters. The quantitative estimate of drug-likeness (QED) is 0.614. The molecule has 0 spiro atoms. The highest BCUT2D eigenvalue weighted by atomic mass is 16.6. The molecule has 4 heteroatoms. The largest absolute Gasteiger partial charge is 0.469 e. The molecule has 1 saturated heterocycles. The molecule has 1 aliphatic heterocycles. The number of ether oxygens (including phenoxy) is 1. The summed E-state index contributed by atoms with van der Waals surface area (Å²) >= 11 is 0. The summed E-state index contributed by atoms with van der Waals surface area (Å²) in [7, 11) is 0. The lowest BCUT2D eigenvalue weighted by Gasteiger charge is -2.49. The van der Waals surface area contributed by atoms with Crippen molar-refractivity contribution >= 4 is 5.97 Å². The van der Waals surface area contributed by atoms with Crippen molar-refractivity contribution < 1.29 is 19.3 Å². The van der Waals surface area contributed by atoms with Crippen molar-refractivity contribution in [2.45, 2.75) is 70.9 Å². The maximum absolute atomic E-state index is 12.6. The third-order valence-corrected chi connectivity index (χ3v) is 7.54. The van der Waals surface area contributed by atoms with E-state index in [2.05, 4.69) is 25.7 Å². The molecule has 2 N–H and O–H groups in total. The number of esters is 1. The molecule has 0 aromatic carbocycles. The van der Waals surface area contributed by atoms with Crippen LogP contribution in [0.3, 0.4) is 0 Å². The van der Waals surface area contributed by atoms with Crippen molar-refractivity contribution in [3.05, 3.63) is 36.3 Å². The first-order chi connectivity index (χ1) is 13.0. The lowest BCUT2D eigenvalue weighted by Crippen LogP contribution is -2.91. The average molecular weight is 373 g/mol. The molecule has 2 saturated carbocycles. The summed E-state index contributed by atoms with van der Waals surface area (Å²) in [5.41, 5.74) is 1.70. The predicted molar refractivity (Wildman–Crippen MR) is 104 cm³/mol. The zero-order valence-electron chi connectivity index (χ0n) is 16.8. The Morgan fingerprint density at radius 3 is 3.07 bits per heavy atom. The van der Waals surface area contributed by atoms with Gasteiger partial charge < -0.3 is 14.5 Å². The minimum absolute atomic E-state index is 0.0346. The highest BCUT2D eigenvalue weighted by molar-refractivity contribution is 5.75. The number of nitrogens with two attached hydrogens (primary N) is 1. The van der Waals surface area contributed by atoms with Gasteiger partial charge in [-0.15, -0.1) is 0 Å². The number of carbonyl (C=O) groups excluding carboxylic acids is 1. The summed E-state index contributed by atoms with van der Waals surface area (Å²) in [4.78, 5) is 12.6. The number of furan rings is 1. The monoisotopic (exact) mass is 372 g/mol. The summed E-state index contributed by atoms with van der Waals surface area (Å²) in [5.74, 6) is 2.06. The minimum atomic E-state index is 0.0346. The molecule has 0 bridgehead atoms. The molecule has 2 heterocycles. The number of rotatable bonds is 6. The van der Waals surface area contributed by atoms with Gasteiger partial charge in [0.05, 0.1) is 18.8 Å². The van der Waals surface area contributed by atoms with Crippen molar-refractivity contribution in [2.75, 3.05) is 6.54 Å². The van der Waals surface area contributed by atoms with Crippen molar-refractivity contribution in [2.24, 2.45) is 23.2 Å². The second-order valence-corrected chi connectivity index (χ2v) is 9.47. The second-order valence-electron chi connectivity index (χ2n) is 9.47. The topological polar surface area (TPSA) is 56.0 Å². The van der Waals surface area contributed by atoms with E-state index in [1.165, 1.54) is 18.4 Å². The predicted octanol–water partition coefficient (Wildman–Crippen LogP) is 3.48. The van der Waals surface area contributed by atoms with E-state index in [-0.39, 0.29) is 23.4 Å². The molecule has 4 rings (SSSR count). The van der Waals surface area contributed by atoms with Gasteiger partial charge >= 0.3 is 5.97 Å². The summed E-state index contributed by atoms with van der Waals surface area (Å²) in [5, 5.41) is 2.33. The number of fused-ring (bicyclic) bond motifs is 2. The molecular formula is C23H34NO3+. The zero-order chi connectivity index (χ0) is 19.0. The normalized spacial score (nSPS) is 36.8. The van der Waals surface area contributed by atoms with Crippen LogP contribution in [0, 0.1) is 23.2 Å². The van der Waals surface area contributed by atoms with E-state index in [4.69, 9.17) is 9.15 Å². The maximum atomic E-state index is 12.6. The number of allylic oxidation sites excluding steroid dienone is 1. The third-order valence-electron chi connectivity index (χ3n) is 7.54. The van der Waals surface area contributed by atoms with Crippen molar-refractivity contribution in [1.82, 2.24) is 0 Å². The Morgan fingerprint density at radius 2 is 2.30 bits per heavy atom. The molecule has 0 radical (unpaired) electrons. The van der Waals surface area contributed by atoms with Gasteiger partial charge in [-0.05, 0) is 62.5 Å². The van der Waals surface area contributed by atoms with Gasteiger partial charge in [0.15, 0.2) is 0 Å². The van der Waals surface area contributed by atoms with Gasteiger partial charge in [0, 0.05) is 18.8 Å². The van der Waals surface area contributed by atoms with Crippen molar-refractivity contribution in [3.8, 4) is 0 Å². The smallest absolute Gasteiger partial charge is 0.315 e. The fourth-order valence-electron chi connectivity index (χ4n) is 5.85. The van der Waals surface area contributed by atoms with E-state index in [0.717, 1.165) is 44.4 Å². The van der Waals surface area contributed by atoms with Crippen LogP contribution in [0.5, 0.6) is 0 Å². The summed E-state index contributed by atoms with van der Waals surface area (Å²) < 4.78 is 11.3. The van der Waals surface area contributed by atoms with Crippen LogP contribution >= 0.6 is 0 Å². The van der Waals surface area contributed by atoms with Crippen LogP contribution in [0.2, 0.25) is 0 Å². The third kappa shape index (κ3) is 3.73. The van der Waals surface area contributed by atoms with Crippen molar-refractivity contribution in [1.29, 1.82) is 0 Å². The molecule has 1 aromatic heterocycles. The highest BCUT2D eigenvalue weighted by Crippen LogP contribution is 2.56. The number of hydrogen-bond acceptors (Lipinski definition) is 3. The molecule has 148 valence electrons. The zero-order valence-corrected chi connectivity index (χ0v) is 16.8. The van der Waals surface area contributed by atoms with E-state index in [1.807, 2.05) is 12.1 Å². The fraction of sp³-hybridized carbons (Fsp3) is 0.696. The Balaban J connectivity index is 1.34. The van der Waals surface area contributed by atoms with Gasteiger partial charge in [-0.25, -0.2) is 0 Å². The molecule has 0 amide bonds. The Bertz CT molecular complexity index is 682. The first-order valence-corrected chi connectivity index (χ1v) is 10.7. The molecular weight excluding hydrogens is 338 g/mol. The summed E-state index contributed by atoms with van der Waals surface area (Å²) in [6.07, 6.45) is 9.62. The Labute approximate surface area is 162 Å². The van der Waals surface area contributed by atoms with E-state index >= 15 is 0 Å². The van der Waals surface area contributed by atoms with Gasteiger partial charge in [0.25, 0.3) is 0 Å². The van der Waals surface area contributed by atoms with E-state index in [9.17, 15) is 4.79 Å². The Kier molecular flexibility index (Phi) is 5.19. The first kappa shape index (κ1) is 18.8. The SMILES string of the molecule is C=C1CCC[C@]2(C)C[C@H]3OC(=O)[C@H](C[NH2+][C@@H](C)CCc4ccco4)[C@H]3C[C@@H]12. The summed E-state index contributed by atoms with van der Waals surface area (Å²) in [6, 6.07) is 4.44. The van der Waals surface area contributed by atoms with Crippen LogP contribution < -0.4 is 5.32 Å². The standard InChI is InChI=1S/C23H33NO3/c1-15-6-4-10-23(3)13-21-18(12-20(15)23)19(22(25)27-21)14-24-16(2)8-9-17-7-5-11-26-17/h5,7,11,16,18-21,24H,1,4,6,8-10,12-14H2,2-3H3/p+1/t16-,18+,19+,20-,21+,23+/m0/s1. The van der Waals surface area contributed by atoms with Crippen LogP contribution in [0.4, 0.5) is 0 Å². The van der Waals surface area contributed by atoms with Gasteiger partial charge in [-0.2, -0.15) is 0 Å². The molecule has 3 aliphatic rings. The van der Waals surface area contributed by atoms with Crippen LogP contribution in [-0.4, -0.2) is 24.7 Å². The highest BCUT2D eigenvalue weighted by Gasteiger charge is 2.55. The molecule has 3 fully saturated rings. The molecule has 4 nitrogen and oxygen atoms in total. The van der Waals surface area contributed by atoms with Gasteiger partial charge in [0.2, 0.25) is 0 Å². The Hall–Kier alpha value is -1.55. The lowest BCUT2D eigenvalue weighted by molar-refractivity contribution is -0.690. The van der Waals surface area contributed by atoms with Crippen LogP contribution in [0.1, 0.15) is 58.1 Å². The van der Waals surface area contributed by atoms with Gasteiger partial charge in [-0.1, -0.05) is 19.1 Å². The lowest BCUT2D eigenvalue weighted by atomic mass is 9.55. The Morgan fingerprint density at radius 1 is 1.44 bits per heavy atom. The van der Waals surface area contributed by atoms with Crippen molar-refractivity contribution in [3.63, 3.8) is 0 Å². The number of quaternary nitrogens is 1. The molecule has 2 aliphatic carbocycles. The molecule has 27 heavy (non-hydrogen) atoms. The van der Waals surface area contributed by atoms with E-state index < -0.39 is 0 Å².